The van der Waals surface area contributed by atoms with E-state index in [9.17, 15) is 4.79 Å². The number of para-hydroxylation sites is 2. The Labute approximate surface area is 150 Å². The summed E-state index contributed by atoms with van der Waals surface area (Å²) in [6.45, 7) is 4.65. The van der Waals surface area contributed by atoms with Crippen molar-refractivity contribution < 1.29 is 14.3 Å². The highest BCUT2D eigenvalue weighted by atomic mass is 16.5. The van der Waals surface area contributed by atoms with E-state index in [2.05, 4.69) is 36.5 Å². The number of carbonyl (C=O) groups excluding carboxylic acids is 1. The van der Waals surface area contributed by atoms with Crippen LogP contribution < -0.4 is 14.8 Å². The van der Waals surface area contributed by atoms with Crippen LogP contribution in [0.5, 0.6) is 11.5 Å². The molecule has 0 aliphatic rings. The Kier molecular flexibility index (Phi) is 7.33. The van der Waals surface area contributed by atoms with Gasteiger partial charge >= 0.3 is 0 Å². The summed E-state index contributed by atoms with van der Waals surface area (Å²) in [5, 5.41) is 2.97. The average Bonchev–Trinajstić information content (AvgIpc) is 2.64. The van der Waals surface area contributed by atoms with Gasteiger partial charge in [0.1, 0.15) is 0 Å². The molecule has 2 aromatic carbocycles. The van der Waals surface area contributed by atoms with Crippen molar-refractivity contribution in [3.8, 4) is 11.5 Å². The van der Waals surface area contributed by atoms with Crippen molar-refractivity contribution >= 4 is 5.91 Å². The Morgan fingerprint density at radius 2 is 1.76 bits per heavy atom. The largest absolute Gasteiger partial charge is 0.493 e. The summed E-state index contributed by atoms with van der Waals surface area (Å²) in [4.78, 5) is 12.4. The molecule has 0 bridgehead atoms. The maximum absolute atomic E-state index is 12.4. The van der Waals surface area contributed by atoms with E-state index in [-0.39, 0.29) is 5.91 Å². The van der Waals surface area contributed by atoms with Gasteiger partial charge in [-0.3, -0.25) is 4.79 Å². The van der Waals surface area contributed by atoms with Crippen LogP contribution in [0.25, 0.3) is 0 Å². The van der Waals surface area contributed by atoms with Crippen LogP contribution in [0.2, 0.25) is 0 Å². The molecule has 0 fully saturated rings. The second-order valence-electron chi connectivity index (χ2n) is 6.05. The smallest absolute Gasteiger partial charge is 0.261 e. The number of rotatable bonds is 9. The summed E-state index contributed by atoms with van der Waals surface area (Å²) in [6.07, 6.45) is 1.93. The number of nitrogens with one attached hydrogen (secondary N) is 1. The third-order valence-electron chi connectivity index (χ3n) is 4.06. The molecule has 0 aliphatic heterocycles. The molecule has 2 aromatic rings. The number of ether oxygens (including phenoxy) is 2. The van der Waals surface area contributed by atoms with Crippen molar-refractivity contribution in [3.05, 3.63) is 59.7 Å². The maximum atomic E-state index is 12.4. The van der Waals surface area contributed by atoms with Crippen LogP contribution in [-0.4, -0.2) is 25.7 Å². The second kappa shape index (κ2) is 9.72. The van der Waals surface area contributed by atoms with Gasteiger partial charge in [-0.15, -0.1) is 0 Å². The SMILES string of the molecule is CC[C@H](Oc1ccccc1OC)C(=O)NCCCc1ccc(C)cc1. The van der Waals surface area contributed by atoms with Crippen molar-refractivity contribution in [1.82, 2.24) is 5.32 Å². The summed E-state index contributed by atoms with van der Waals surface area (Å²) < 4.78 is 11.1. The van der Waals surface area contributed by atoms with E-state index in [0.29, 0.717) is 24.5 Å². The third-order valence-corrected chi connectivity index (χ3v) is 4.06. The molecule has 0 aromatic heterocycles. The van der Waals surface area contributed by atoms with E-state index in [4.69, 9.17) is 9.47 Å². The minimum Gasteiger partial charge on any atom is -0.493 e. The zero-order chi connectivity index (χ0) is 18.1. The molecule has 0 unspecified atom stereocenters. The fourth-order valence-corrected chi connectivity index (χ4v) is 2.56. The first-order valence-corrected chi connectivity index (χ1v) is 8.77. The molecule has 4 nitrogen and oxygen atoms in total. The quantitative estimate of drug-likeness (QED) is 0.704. The Balaban J connectivity index is 1.80. The van der Waals surface area contributed by atoms with Gasteiger partial charge in [0.05, 0.1) is 7.11 Å². The van der Waals surface area contributed by atoms with Crippen LogP contribution in [0.1, 0.15) is 30.9 Å². The highest BCUT2D eigenvalue weighted by Crippen LogP contribution is 2.27. The number of aryl methyl sites for hydroxylation is 2. The van der Waals surface area contributed by atoms with Crippen molar-refractivity contribution in [2.45, 2.75) is 39.2 Å². The molecule has 1 atom stereocenters. The highest BCUT2D eigenvalue weighted by Gasteiger charge is 2.19. The lowest BCUT2D eigenvalue weighted by atomic mass is 10.1. The molecule has 0 saturated carbocycles. The van der Waals surface area contributed by atoms with Gasteiger partial charge in [-0.05, 0) is 43.9 Å². The predicted molar refractivity (Wildman–Crippen MR) is 100 cm³/mol. The molecule has 0 aliphatic carbocycles. The van der Waals surface area contributed by atoms with Crippen LogP contribution in [-0.2, 0) is 11.2 Å². The molecule has 0 heterocycles. The molecule has 2 rings (SSSR count). The Bertz CT molecular complexity index is 667. The van der Waals surface area contributed by atoms with Crippen LogP contribution in [0.3, 0.4) is 0 Å². The van der Waals surface area contributed by atoms with Crippen molar-refractivity contribution in [1.29, 1.82) is 0 Å². The molecule has 0 radical (unpaired) electrons. The molecule has 4 heteroatoms. The second-order valence-corrected chi connectivity index (χ2v) is 6.05. The zero-order valence-corrected chi connectivity index (χ0v) is 15.2. The van der Waals surface area contributed by atoms with E-state index in [1.807, 2.05) is 31.2 Å². The molecule has 1 N–H and O–H groups in total. The van der Waals surface area contributed by atoms with E-state index in [1.54, 1.807) is 7.11 Å². The average molecular weight is 341 g/mol. The number of hydrogen-bond donors (Lipinski definition) is 1. The van der Waals surface area contributed by atoms with Gasteiger partial charge in [0, 0.05) is 6.54 Å². The maximum Gasteiger partial charge on any atom is 0.261 e. The molecular weight excluding hydrogens is 314 g/mol. The van der Waals surface area contributed by atoms with Gasteiger partial charge in [-0.1, -0.05) is 48.9 Å². The normalized spacial score (nSPS) is 11.6. The lowest BCUT2D eigenvalue weighted by Crippen LogP contribution is -2.38. The fraction of sp³-hybridized carbons (Fsp3) is 0.381. The topological polar surface area (TPSA) is 47.6 Å². The predicted octanol–water partition coefficient (Wildman–Crippen LogP) is 3.91. The summed E-state index contributed by atoms with van der Waals surface area (Å²) in [5.74, 6) is 1.14. The van der Waals surface area contributed by atoms with Crippen molar-refractivity contribution in [2.75, 3.05) is 13.7 Å². The van der Waals surface area contributed by atoms with Crippen molar-refractivity contribution in [3.63, 3.8) is 0 Å². The number of amides is 1. The summed E-state index contributed by atoms with van der Waals surface area (Å²) in [6, 6.07) is 15.9. The van der Waals surface area contributed by atoms with Crippen molar-refractivity contribution in [2.24, 2.45) is 0 Å². The fourth-order valence-electron chi connectivity index (χ4n) is 2.56. The summed E-state index contributed by atoms with van der Waals surface area (Å²) in [7, 11) is 1.59. The Morgan fingerprint density at radius 3 is 2.40 bits per heavy atom. The van der Waals surface area contributed by atoms with E-state index < -0.39 is 6.10 Å². The van der Waals surface area contributed by atoms with E-state index >= 15 is 0 Å². The minimum absolute atomic E-state index is 0.0858. The van der Waals surface area contributed by atoms with E-state index in [1.165, 1.54) is 11.1 Å². The van der Waals surface area contributed by atoms with Crippen LogP contribution in [0.4, 0.5) is 0 Å². The zero-order valence-electron chi connectivity index (χ0n) is 15.2. The van der Waals surface area contributed by atoms with Crippen LogP contribution >= 0.6 is 0 Å². The van der Waals surface area contributed by atoms with Gasteiger partial charge in [-0.2, -0.15) is 0 Å². The first-order valence-electron chi connectivity index (χ1n) is 8.77. The Hall–Kier alpha value is -2.49. The number of benzene rings is 2. The molecule has 134 valence electrons. The highest BCUT2D eigenvalue weighted by molar-refractivity contribution is 5.81. The van der Waals surface area contributed by atoms with Gasteiger partial charge < -0.3 is 14.8 Å². The first kappa shape index (κ1) is 18.8. The standard InChI is InChI=1S/C21H27NO3/c1-4-18(25-20-10-6-5-9-19(20)24-3)21(23)22-15-7-8-17-13-11-16(2)12-14-17/h5-6,9-14,18H,4,7-8,15H2,1-3H3,(H,22,23)/t18-/m0/s1. The van der Waals surface area contributed by atoms with Gasteiger partial charge in [0.2, 0.25) is 0 Å². The number of carbonyl (C=O) groups is 1. The van der Waals surface area contributed by atoms with Crippen LogP contribution in [0.15, 0.2) is 48.5 Å². The van der Waals surface area contributed by atoms with Crippen LogP contribution in [0, 0.1) is 6.92 Å². The van der Waals surface area contributed by atoms with Gasteiger partial charge in [0.25, 0.3) is 5.91 Å². The number of methoxy groups -OCH3 is 1. The lowest BCUT2D eigenvalue weighted by molar-refractivity contribution is -0.128. The monoisotopic (exact) mass is 341 g/mol. The number of hydrogen-bond acceptors (Lipinski definition) is 3. The molecule has 0 spiro atoms. The van der Waals surface area contributed by atoms with Gasteiger partial charge in [0.15, 0.2) is 17.6 Å². The molecule has 1 amide bonds. The molecule has 25 heavy (non-hydrogen) atoms. The Morgan fingerprint density at radius 1 is 1.08 bits per heavy atom. The summed E-state index contributed by atoms with van der Waals surface area (Å²) >= 11 is 0. The third kappa shape index (κ3) is 5.82. The lowest BCUT2D eigenvalue weighted by Gasteiger charge is -2.18. The minimum atomic E-state index is -0.518. The molecular formula is C21H27NO3. The first-order chi connectivity index (χ1) is 12.1. The van der Waals surface area contributed by atoms with E-state index in [0.717, 1.165) is 12.8 Å². The molecule has 0 saturated heterocycles. The summed E-state index contributed by atoms with van der Waals surface area (Å²) in [5.41, 5.74) is 2.55. The van der Waals surface area contributed by atoms with Gasteiger partial charge in [-0.25, -0.2) is 0 Å².